The first-order valence-corrected chi connectivity index (χ1v) is 6.63. The average molecular weight is 365 g/mol. The van der Waals surface area contributed by atoms with E-state index in [1.165, 1.54) is 6.07 Å². The van der Waals surface area contributed by atoms with Crippen LogP contribution in [0.5, 0.6) is 0 Å². The van der Waals surface area contributed by atoms with Gasteiger partial charge < -0.3 is 4.98 Å². The number of nitrogens with zero attached hydrogens (tertiary/aromatic N) is 2. The smallest absolute Gasteiger partial charge is 0.283 e. The zero-order valence-electron chi connectivity index (χ0n) is 9.63. The molecule has 5 nitrogen and oxygen atoms in total. The van der Waals surface area contributed by atoms with Gasteiger partial charge in [-0.2, -0.15) is 0 Å². The van der Waals surface area contributed by atoms with Crippen molar-refractivity contribution >= 4 is 39.3 Å². The molecule has 3 aromatic rings. The predicted molar refractivity (Wildman–Crippen MR) is 80.9 cm³/mol. The third-order valence-corrected chi connectivity index (χ3v) is 3.95. The summed E-state index contributed by atoms with van der Waals surface area (Å²) in [6.45, 7) is 0. The summed E-state index contributed by atoms with van der Waals surface area (Å²) >= 11 is 1.98. The Bertz CT molecular complexity index is 749. The fourth-order valence-corrected chi connectivity index (χ4v) is 2.74. The van der Waals surface area contributed by atoms with Crippen LogP contribution < -0.4 is 0 Å². The Hall–Kier alpha value is -1.96. The molecule has 0 aliphatic heterocycles. The molecule has 94 valence electrons. The minimum atomic E-state index is -0.381. The highest BCUT2D eigenvalue weighted by Gasteiger charge is 2.17. The molecule has 19 heavy (non-hydrogen) atoms. The molecule has 0 aliphatic carbocycles. The van der Waals surface area contributed by atoms with E-state index in [2.05, 4.69) is 9.97 Å². The van der Waals surface area contributed by atoms with Crippen LogP contribution in [0.3, 0.4) is 0 Å². The molecule has 6 heteroatoms. The van der Waals surface area contributed by atoms with E-state index in [9.17, 15) is 10.1 Å². The molecule has 1 N–H and O–H groups in total. The van der Waals surface area contributed by atoms with Crippen LogP contribution in [0.15, 0.2) is 42.5 Å². The molecule has 0 bridgehead atoms. The number of halogens is 1. The summed E-state index contributed by atoms with van der Waals surface area (Å²) in [5, 5.41) is 10.9. The molecular weight excluding hydrogens is 357 g/mol. The lowest BCUT2D eigenvalue weighted by molar-refractivity contribution is -0.385. The minimum Gasteiger partial charge on any atom is -0.338 e. The normalized spacial score (nSPS) is 10.8. The lowest BCUT2D eigenvalue weighted by Crippen LogP contribution is -1.94. The topological polar surface area (TPSA) is 71.8 Å². The number of fused-ring (bicyclic) bond motifs is 1. The van der Waals surface area contributed by atoms with Crippen molar-refractivity contribution in [2.45, 2.75) is 0 Å². The van der Waals surface area contributed by atoms with Gasteiger partial charge in [0.15, 0.2) is 0 Å². The lowest BCUT2D eigenvalue weighted by atomic mass is 10.2. The van der Waals surface area contributed by atoms with Crippen LogP contribution in [0.2, 0.25) is 0 Å². The Morgan fingerprint density at radius 2 is 1.95 bits per heavy atom. The first-order chi connectivity index (χ1) is 9.16. The zero-order valence-corrected chi connectivity index (χ0v) is 11.8. The van der Waals surface area contributed by atoms with Gasteiger partial charge in [0.25, 0.3) is 5.69 Å². The maximum atomic E-state index is 10.9. The molecule has 0 fully saturated rings. The first-order valence-electron chi connectivity index (χ1n) is 5.55. The van der Waals surface area contributed by atoms with Crippen molar-refractivity contribution in [1.82, 2.24) is 9.97 Å². The van der Waals surface area contributed by atoms with Crippen LogP contribution in [0.25, 0.3) is 22.4 Å². The number of hydrogen-bond donors (Lipinski definition) is 1. The van der Waals surface area contributed by atoms with Gasteiger partial charge in [-0.05, 0) is 40.8 Å². The van der Waals surface area contributed by atoms with Crippen molar-refractivity contribution in [2.75, 3.05) is 0 Å². The van der Waals surface area contributed by atoms with Crippen LogP contribution in [0.4, 0.5) is 5.69 Å². The Balaban J connectivity index is 2.21. The van der Waals surface area contributed by atoms with Crippen LogP contribution >= 0.6 is 22.6 Å². The predicted octanol–water partition coefficient (Wildman–Crippen LogP) is 3.74. The highest BCUT2D eigenvalue weighted by atomic mass is 127. The number of nitro benzene ring substituents is 1. The van der Waals surface area contributed by atoms with E-state index < -0.39 is 0 Å². The summed E-state index contributed by atoms with van der Waals surface area (Å²) in [6, 6.07) is 12.6. The maximum Gasteiger partial charge on any atom is 0.283 e. The number of nitro groups is 1. The molecule has 1 heterocycles. The molecule has 0 atom stereocenters. The Kier molecular flexibility index (Phi) is 2.94. The van der Waals surface area contributed by atoms with Crippen molar-refractivity contribution < 1.29 is 4.92 Å². The lowest BCUT2D eigenvalue weighted by Gasteiger charge is -2.01. The SMILES string of the molecule is O=[N+]([O-])c1cccc(-c2nc3ccccc3[nH]2)c1I. The molecule has 0 spiro atoms. The fourth-order valence-electron chi connectivity index (χ4n) is 1.92. The average Bonchev–Trinajstić information content (AvgIpc) is 2.82. The Morgan fingerprint density at radius 3 is 2.68 bits per heavy atom. The summed E-state index contributed by atoms with van der Waals surface area (Å²) in [7, 11) is 0. The zero-order chi connectivity index (χ0) is 13.4. The van der Waals surface area contributed by atoms with E-state index in [0.29, 0.717) is 9.39 Å². The number of H-pyrrole nitrogens is 1. The van der Waals surface area contributed by atoms with E-state index >= 15 is 0 Å². The summed E-state index contributed by atoms with van der Waals surface area (Å²) in [5.74, 6) is 0.648. The van der Waals surface area contributed by atoms with Gasteiger partial charge in [-0.15, -0.1) is 0 Å². The number of imidazole rings is 1. The number of para-hydroxylation sites is 2. The van der Waals surface area contributed by atoms with Gasteiger partial charge in [-0.25, -0.2) is 4.98 Å². The van der Waals surface area contributed by atoms with Crippen molar-refractivity contribution in [3.8, 4) is 11.4 Å². The summed E-state index contributed by atoms with van der Waals surface area (Å²) < 4.78 is 0.587. The monoisotopic (exact) mass is 365 g/mol. The molecule has 3 rings (SSSR count). The number of benzene rings is 2. The first kappa shape index (κ1) is 12.1. The third kappa shape index (κ3) is 2.07. The van der Waals surface area contributed by atoms with E-state index in [-0.39, 0.29) is 10.6 Å². The van der Waals surface area contributed by atoms with Gasteiger partial charge in [0.2, 0.25) is 0 Å². The summed E-state index contributed by atoms with van der Waals surface area (Å²) in [6.07, 6.45) is 0. The molecule has 0 saturated carbocycles. The van der Waals surface area contributed by atoms with E-state index in [1.807, 2.05) is 52.9 Å². The summed E-state index contributed by atoms with van der Waals surface area (Å²) in [4.78, 5) is 18.2. The second-order valence-corrected chi connectivity index (χ2v) is 5.08. The van der Waals surface area contributed by atoms with Gasteiger partial charge in [-0.1, -0.05) is 18.2 Å². The Labute approximate surface area is 122 Å². The van der Waals surface area contributed by atoms with Gasteiger partial charge in [-0.3, -0.25) is 10.1 Å². The third-order valence-electron chi connectivity index (χ3n) is 2.82. The largest absolute Gasteiger partial charge is 0.338 e. The molecular formula is C13H8IN3O2. The minimum absolute atomic E-state index is 0.0959. The molecule has 0 aliphatic rings. The summed E-state index contributed by atoms with van der Waals surface area (Å²) in [5.41, 5.74) is 2.60. The fraction of sp³-hybridized carbons (Fsp3) is 0. The van der Waals surface area contributed by atoms with Crippen LogP contribution in [0, 0.1) is 13.7 Å². The molecule has 0 radical (unpaired) electrons. The van der Waals surface area contributed by atoms with Gasteiger partial charge >= 0.3 is 0 Å². The van der Waals surface area contributed by atoms with Crippen molar-refractivity contribution in [1.29, 1.82) is 0 Å². The standard InChI is InChI=1S/C13H8IN3O2/c14-12-8(4-3-7-11(12)17(18)19)13-15-9-5-1-2-6-10(9)16-13/h1-7H,(H,15,16). The second-order valence-electron chi connectivity index (χ2n) is 4.00. The molecule has 0 saturated heterocycles. The number of aromatic amines is 1. The Morgan fingerprint density at radius 1 is 1.16 bits per heavy atom. The van der Waals surface area contributed by atoms with Crippen LogP contribution in [0.1, 0.15) is 0 Å². The maximum absolute atomic E-state index is 10.9. The van der Waals surface area contributed by atoms with Crippen molar-refractivity contribution in [2.24, 2.45) is 0 Å². The quantitative estimate of drug-likeness (QED) is 0.427. The van der Waals surface area contributed by atoms with Gasteiger partial charge in [0, 0.05) is 11.6 Å². The van der Waals surface area contributed by atoms with Crippen LogP contribution in [-0.2, 0) is 0 Å². The van der Waals surface area contributed by atoms with E-state index in [0.717, 1.165) is 16.6 Å². The number of aromatic nitrogens is 2. The number of hydrogen-bond acceptors (Lipinski definition) is 3. The van der Waals surface area contributed by atoms with E-state index in [4.69, 9.17) is 0 Å². The molecule has 0 amide bonds. The second kappa shape index (κ2) is 4.61. The highest BCUT2D eigenvalue weighted by Crippen LogP contribution is 2.31. The van der Waals surface area contributed by atoms with Crippen LogP contribution in [-0.4, -0.2) is 14.9 Å². The number of nitrogens with one attached hydrogen (secondary N) is 1. The van der Waals surface area contributed by atoms with Crippen molar-refractivity contribution in [3.63, 3.8) is 0 Å². The van der Waals surface area contributed by atoms with Gasteiger partial charge in [0.1, 0.15) is 9.39 Å². The molecule has 0 unspecified atom stereocenters. The van der Waals surface area contributed by atoms with E-state index in [1.54, 1.807) is 6.07 Å². The molecule has 1 aromatic heterocycles. The van der Waals surface area contributed by atoms with Crippen molar-refractivity contribution in [3.05, 3.63) is 56.1 Å². The highest BCUT2D eigenvalue weighted by molar-refractivity contribution is 14.1. The number of rotatable bonds is 2. The van der Waals surface area contributed by atoms with Gasteiger partial charge in [0.05, 0.1) is 16.0 Å². The molecule has 2 aromatic carbocycles.